The van der Waals surface area contributed by atoms with E-state index in [1.165, 1.54) is 13.0 Å². The summed E-state index contributed by atoms with van der Waals surface area (Å²) < 4.78 is 140. The minimum atomic E-state index is -5.13. The standard InChI is InChI=1S/C13H9Cl2F3N4OS.C13H6ClF6N3OS.CH4/c1-2-24(23)11-9(5-19)21-22(12(11)20)10-7(14)3-6(4-8(10)15)13(16,17)18;1-6-2-7(12(15,16)17)3-8(14)11(6)23-5-10(9(4-21)22-23)25(24)13(18,19)20;/h3-4H,2,20H2,1H3;2-3,5H,1H3;1H4. The molecule has 0 saturated heterocycles. The topological polar surface area (TPSA) is 143 Å². The van der Waals surface area contributed by atoms with Crippen LogP contribution in [0, 0.1) is 29.6 Å². The maximum Gasteiger partial charge on any atom is 0.476 e. The monoisotopic (exact) mass is 813 g/mol. The van der Waals surface area contributed by atoms with Crippen LogP contribution < -0.4 is 5.73 Å². The predicted octanol–water partition coefficient (Wildman–Crippen LogP) is 8.77. The van der Waals surface area contributed by atoms with Crippen molar-refractivity contribution >= 4 is 62.2 Å². The van der Waals surface area contributed by atoms with E-state index in [1.807, 2.05) is 0 Å². The SMILES string of the molecule is C.CCS(=O)c1c(C#N)nn(-c2c(Cl)cc(C(F)(F)F)cc2Cl)c1N.Cc1cc(C(F)(F)F)cc(Cl)c1-n1cc(S(=O)C(F)(F)F)c(C#N)n1. The van der Waals surface area contributed by atoms with Gasteiger partial charge in [0.2, 0.25) is 0 Å². The maximum atomic E-state index is 12.8. The average Bonchev–Trinajstić information content (AvgIpc) is 3.55. The molecule has 0 fully saturated rings. The van der Waals surface area contributed by atoms with E-state index in [1.54, 1.807) is 13.0 Å². The molecule has 0 saturated carbocycles. The molecule has 50 heavy (non-hydrogen) atoms. The Morgan fingerprint density at radius 2 is 1.28 bits per heavy atom. The Hall–Kier alpha value is -3.82. The average molecular weight is 815 g/mol. The summed E-state index contributed by atoms with van der Waals surface area (Å²) in [5, 5.41) is 24.2. The zero-order valence-electron chi connectivity index (χ0n) is 24.0. The molecular formula is C27H19Cl3F9N7O2S2. The Balaban J connectivity index is 0.000000340. The number of nitriles is 2. The van der Waals surface area contributed by atoms with Crippen molar-refractivity contribution in [3.05, 3.63) is 73.6 Å². The highest BCUT2D eigenvalue weighted by atomic mass is 35.5. The fourth-order valence-electron chi connectivity index (χ4n) is 3.96. The summed E-state index contributed by atoms with van der Waals surface area (Å²) in [5.74, 6) is 0.00859. The van der Waals surface area contributed by atoms with Crippen molar-refractivity contribution in [1.82, 2.24) is 19.6 Å². The van der Waals surface area contributed by atoms with E-state index in [4.69, 9.17) is 51.1 Å². The smallest absolute Gasteiger partial charge is 0.383 e. The van der Waals surface area contributed by atoms with Gasteiger partial charge in [-0.2, -0.15) is 60.2 Å². The molecular weight excluding hydrogens is 796 g/mol. The van der Waals surface area contributed by atoms with Gasteiger partial charge in [0.05, 0.1) is 42.7 Å². The van der Waals surface area contributed by atoms with Gasteiger partial charge in [-0.15, -0.1) is 0 Å². The number of nitrogens with two attached hydrogens (primary N) is 1. The molecule has 0 aliphatic carbocycles. The molecule has 270 valence electrons. The van der Waals surface area contributed by atoms with Crippen LogP contribution in [-0.2, 0) is 34.0 Å². The van der Waals surface area contributed by atoms with Gasteiger partial charge in [-0.1, -0.05) is 49.2 Å². The van der Waals surface area contributed by atoms with Crippen molar-refractivity contribution in [2.75, 3.05) is 11.5 Å². The fraction of sp³-hybridized carbons (Fsp3) is 0.259. The minimum Gasteiger partial charge on any atom is -0.383 e. The summed E-state index contributed by atoms with van der Waals surface area (Å²) in [6.07, 6.45) is -8.64. The van der Waals surface area contributed by atoms with E-state index in [9.17, 15) is 47.9 Å². The van der Waals surface area contributed by atoms with Crippen LogP contribution in [0.2, 0.25) is 15.1 Å². The lowest BCUT2D eigenvalue weighted by Gasteiger charge is -2.13. The summed E-state index contributed by atoms with van der Waals surface area (Å²) >= 11 is 17.6. The van der Waals surface area contributed by atoms with E-state index < -0.39 is 66.2 Å². The number of nitrogens with zero attached hydrogens (tertiary/aromatic N) is 6. The molecule has 2 aromatic heterocycles. The van der Waals surface area contributed by atoms with Gasteiger partial charge >= 0.3 is 17.9 Å². The summed E-state index contributed by atoms with van der Waals surface area (Å²) in [6, 6.07) is 5.77. The first-order valence-electron chi connectivity index (χ1n) is 12.6. The number of benzene rings is 2. The molecule has 0 aliphatic heterocycles. The molecule has 0 aliphatic rings. The van der Waals surface area contributed by atoms with Gasteiger partial charge in [-0.3, -0.25) is 4.21 Å². The third-order valence-corrected chi connectivity index (χ3v) is 9.40. The van der Waals surface area contributed by atoms with Gasteiger partial charge in [0.1, 0.15) is 33.4 Å². The van der Waals surface area contributed by atoms with Crippen LogP contribution >= 0.6 is 34.8 Å². The Bertz CT molecular complexity index is 2020. The number of rotatable bonds is 5. The van der Waals surface area contributed by atoms with Crippen LogP contribution in [0.15, 0.2) is 40.3 Å². The molecule has 4 rings (SSSR count). The summed E-state index contributed by atoms with van der Waals surface area (Å²) in [7, 11) is -5.12. The highest BCUT2D eigenvalue weighted by molar-refractivity contribution is 7.86. The Labute approximate surface area is 296 Å². The molecule has 0 spiro atoms. The van der Waals surface area contributed by atoms with Gasteiger partial charge in [-0.25, -0.2) is 13.6 Å². The zero-order valence-corrected chi connectivity index (χ0v) is 27.9. The van der Waals surface area contributed by atoms with Crippen molar-refractivity contribution < 1.29 is 47.9 Å². The lowest BCUT2D eigenvalue weighted by atomic mass is 10.1. The Morgan fingerprint density at radius 1 is 0.820 bits per heavy atom. The number of hydrogen-bond acceptors (Lipinski definition) is 7. The van der Waals surface area contributed by atoms with E-state index in [0.717, 1.165) is 10.7 Å². The second-order valence-corrected chi connectivity index (χ2v) is 13.6. The van der Waals surface area contributed by atoms with Gasteiger partial charge in [0.25, 0.3) is 0 Å². The summed E-state index contributed by atoms with van der Waals surface area (Å²) in [4.78, 5) is -0.919. The Morgan fingerprint density at radius 3 is 1.68 bits per heavy atom. The summed E-state index contributed by atoms with van der Waals surface area (Å²) in [5.41, 5.74) is -2.65. The normalized spacial score (nSPS) is 13.0. The van der Waals surface area contributed by atoms with E-state index in [2.05, 4.69) is 10.2 Å². The van der Waals surface area contributed by atoms with Gasteiger partial charge < -0.3 is 5.73 Å². The number of halogens is 12. The van der Waals surface area contributed by atoms with Crippen molar-refractivity contribution in [2.24, 2.45) is 0 Å². The maximum absolute atomic E-state index is 12.8. The van der Waals surface area contributed by atoms with Gasteiger partial charge in [-0.05, 0) is 36.8 Å². The van der Waals surface area contributed by atoms with Crippen LogP contribution in [0.25, 0.3) is 11.4 Å². The second kappa shape index (κ2) is 15.6. The molecule has 2 atom stereocenters. The molecule has 0 amide bonds. The molecule has 2 heterocycles. The zero-order chi connectivity index (χ0) is 37.4. The van der Waals surface area contributed by atoms with Gasteiger partial charge in [0.15, 0.2) is 22.2 Å². The third kappa shape index (κ3) is 8.90. The highest BCUT2D eigenvalue weighted by Crippen LogP contribution is 2.39. The molecule has 2 N–H and O–H groups in total. The van der Waals surface area contributed by atoms with Crippen LogP contribution in [0.3, 0.4) is 0 Å². The molecule has 2 aromatic carbocycles. The van der Waals surface area contributed by atoms with E-state index in [0.29, 0.717) is 29.1 Å². The molecule has 4 aromatic rings. The molecule has 9 nitrogen and oxygen atoms in total. The van der Waals surface area contributed by atoms with Crippen LogP contribution in [0.5, 0.6) is 0 Å². The first kappa shape index (κ1) is 42.3. The quantitative estimate of drug-likeness (QED) is 0.199. The summed E-state index contributed by atoms with van der Waals surface area (Å²) in [6.45, 7) is 2.86. The molecule has 23 heteroatoms. The van der Waals surface area contributed by atoms with Crippen LogP contribution in [0.1, 0.15) is 42.4 Å². The first-order chi connectivity index (χ1) is 22.5. The van der Waals surface area contributed by atoms with Crippen molar-refractivity contribution in [1.29, 1.82) is 10.5 Å². The molecule has 0 radical (unpaired) electrons. The van der Waals surface area contributed by atoms with Crippen LogP contribution in [-0.4, -0.2) is 39.2 Å². The predicted molar refractivity (Wildman–Crippen MR) is 167 cm³/mol. The number of aryl methyl sites for hydroxylation is 1. The number of nitrogen functional groups attached to an aromatic ring is 1. The lowest BCUT2D eigenvalue weighted by Crippen LogP contribution is -2.16. The Kier molecular flexibility index (Phi) is 13.2. The van der Waals surface area contributed by atoms with Crippen molar-refractivity contribution in [3.63, 3.8) is 0 Å². The number of anilines is 1. The van der Waals surface area contributed by atoms with Crippen molar-refractivity contribution in [3.8, 4) is 23.5 Å². The van der Waals surface area contributed by atoms with Gasteiger partial charge in [0, 0.05) is 11.9 Å². The number of aromatic nitrogens is 4. The first-order valence-corrected chi connectivity index (χ1v) is 16.2. The second-order valence-electron chi connectivity index (χ2n) is 9.24. The number of hydrogen-bond donors (Lipinski definition) is 1. The molecule has 0 bridgehead atoms. The van der Waals surface area contributed by atoms with Crippen molar-refractivity contribution in [2.45, 2.75) is 48.9 Å². The van der Waals surface area contributed by atoms with E-state index in [-0.39, 0.29) is 56.6 Å². The number of alkyl halides is 9. The largest absolute Gasteiger partial charge is 0.476 e. The fourth-order valence-corrected chi connectivity index (χ4v) is 6.58. The molecule has 2 unspecified atom stereocenters. The lowest BCUT2D eigenvalue weighted by molar-refractivity contribution is -0.138. The van der Waals surface area contributed by atoms with Crippen LogP contribution in [0.4, 0.5) is 45.3 Å². The minimum absolute atomic E-state index is 0. The van der Waals surface area contributed by atoms with E-state index >= 15 is 0 Å². The third-order valence-electron chi connectivity index (χ3n) is 6.03. The highest BCUT2D eigenvalue weighted by Gasteiger charge is 2.41.